The summed E-state index contributed by atoms with van der Waals surface area (Å²) in [6.45, 7) is 0. The Morgan fingerprint density at radius 1 is 1.03 bits per heavy atom. The first-order valence-electron chi connectivity index (χ1n) is 11.0. The fourth-order valence-electron chi connectivity index (χ4n) is 3.69. The number of rotatable bonds is 8. The third-order valence-corrected chi connectivity index (χ3v) is 5.51. The lowest BCUT2D eigenvalue weighted by Gasteiger charge is -2.11. The van der Waals surface area contributed by atoms with Crippen LogP contribution in [0.2, 0.25) is 0 Å². The predicted molar refractivity (Wildman–Crippen MR) is 127 cm³/mol. The lowest BCUT2D eigenvalue weighted by Crippen LogP contribution is -2.21. The van der Waals surface area contributed by atoms with Crippen LogP contribution >= 0.6 is 0 Å². The van der Waals surface area contributed by atoms with Gasteiger partial charge in [-0.2, -0.15) is 23.3 Å². The molecule has 0 fully saturated rings. The van der Waals surface area contributed by atoms with Gasteiger partial charge in [-0.25, -0.2) is 4.79 Å². The first-order valence-corrected chi connectivity index (χ1v) is 11.0. The Morgan fingerprint density at radius 3 is 2.41 bits per heavy atom. The van der Waals surface area contributed by atoms with Gasteiger partial charge in [0, 0.05) is 12.0 Å². The minimum atomic E-state index is -4.52. The number of carbonyl (C=O) groups excluding carboxylic acids is 1. The Balaban J connectivity index is 1.64. The van der Waals surface area contributed by atoms with Crippen molar-refractivity contribution in [2.45, 2.75) is 25.4 Å². The van der Waals surface area contributed by atoms with Gasteiger partial charge in [0.25, 0.3) is 5.91 Å². The van der Waals surface area contributed by atoms with Crippen LogP contribution in [0.1, 0.15) is 40.9 Å². The molecular weight excluding hydrogens is 493 g/mol. The standard InChI is InChI=1S/C26H19F3N2O6/c27-26(28,29)17-4-1-3-16(13-17)22-12-11-19(37-22)14-20-21(5-2-6-23(32)33)30-31(24(20)34)18-9-7-15(8-10-18)25(35)36/h1,3-4,7-14H,2,5-6H2,(H,32,33)(H,35,36)/b20-14-. The number of carboxylic acid groups (broad SMARTS) is 2. The summed E-state index contributed by atoms with van der Waals surface area (Å²) in [5.74, 6) is -2.34. The van der Waals surface area contributed by atoms with E-state index >= 15 is 0 Å². The molecule has 0 unspecified atom stereocenters. The van der Waals surface area contributed by atoms with E-state index in [4.69, 9.17) is 14.6 Å². The van der Waals surface area contributed by atoms with E-state index in [9.17, 15) is 27.6 Å². The second-order valence-electron chi connectivity index (χ2n) is 8.10. The van der Waals surface area contributed by atoms with E-state index < -0.39 is 29.6 Å². The third kappa shape index (κ3) is 5.77. The van der Waals surface area contributed by atoms with Crippen LogP contribution in [-0.4, -0.2) is 33.8 Å². The molecule has 4 rings (SSSR count). The number of alkyl halides is 3. The van der Waals surface area contributed by atoms with E-state index in [0.717, 1.165) is 17.1 Å². The molecule has 3 aromatic rings. The Bertz CT molecular complexity index is 1420. The third-order valence-electron chi connectivity index (χ3n) is 5.51. The van der Waals surface area contributed by atoms with Crippen molar-refractivity contribution in [3.63, 3.8) is 0 Å². The van der Waals surface area contributed by atoms with Crippen molar-refractivity contribution in [3.05, 3.63) is 83.1 Å². The van der Waals surface area contributed by atoms with Gasteiger partial charge in [-0.05, 0) is 67.4 Å². The maximum atomic E-state index is 13.2. The summed E-state index contributed by atoms with van der Waals surface area (Å²) in [5, 5.41) is 23.4. The van der Waals surface area contributed by atoms with Crippen LogP contribution in [0.3, 0.4) is 0 Å². The number of carboxylic acids is 2. The molecule has 0 atom stereocenters. The average molecular weight is 512 g/mol. The second-order valence-corrected chi connectivity index (χ2v) is 8.10. The van der Waals surface area contributed by atoms with Crippen LogP contribution in [0.4, 0.5) is 18.9 Å². The fraction of sp³-hybridized carbons (Fsp3) is 0.154. The van der Waals surface area contributed by atoms with Crippen LogP contribution in [0.5, 0.6) is 0 Å². The van der Waals surface area contributed by atoms with Gasteiger partial charge in [-0.15, -0.1) is 0 Å². The molecule has 1 amide bonds. The number of carbonyl (C=O) groups is 3. The number of hydrazone groups is 1. The van der Waals surface area contributed by atoms with E-state index in [-0.39, 0.29) is 47.5 Å². The van der Waals surface area contributed by atoms with Crippen molar-refractivity contribution < 1.29 is 42.2 Å². The molecule has 37 heavy (non-hydrogen) atoms. The quantitative estimate of drug-likeness (QED) is 0.373. The van der Waals surface area contributed by atoms with Crippen molar-refractivity contribution in [2.75, 3.05) is 5.01 Å². The summed E-state index contributed by atoms with van der Waals surface area (Å²) in [4.78, 5) is 35.3. The van der Waals surface area contributed by atoms with E-state index in [1.165, 1.54) is 54.6 Å². The molecular formula is C26H19F3N2O6. The number of hydrogen-bond donors (Lipinski definition) is 2. The molecule has 190 valence electrons. The van der Waals surface area contributed by atoms with Crippen LogP contribution < -0.4 is 5.01 Å². The zero-order chi connectivity index (χ0) is 26.7. The topological polar surface area (TPSA) is 120 Å². The average Bonchev–Trinajstić information content (AvgIpc) is 3.44. The summed E-state index contributed by atoms with van der Waals surface area (Å²) < 4.78 is 44.9. The molecule has 0 radical (unpaired) electrons. The molecule has 2 N–H and O–H groups in total. The highest BCUT2D eigenvalue weighted by molar-refractivity contribution is 6.32. The molecule has 0 aliphatic carbocycles. The Hall–Kier alpha value is -4.67. The smallest absolute Gasteiger partial charge is 0.416 e. The van der Waals surface area contributed by atoms with Crippen LogP contribution in [-0.2, 0) is 15.8 Å². The Kier molecular flexibility index (Phi) is 6.96. The number of nitrogens with zero attached hydrogens (tertiary/aromatic N) is 2. The number of aliphatic carboxylic acids is 1. The van der Waals surface area contributed by atoms with Crippen LogP contribution in [0.15, 0.2) is 75.8 Å². The molecule has 1 aromatic heterocycles. The number of hydrogen-bond acceptors (Lipinski definition) is 5. The van der Waals surface area contributed by atoms with Crippen molar-refractivity contribution in [3.8, 4) is 11.3 Å². The number of halogens is 3. The molecule has 0 spiro atoms. The summed E-state index contributed by atoms with van der Waals surface area (Å²) in [6.07, 6.45) is -2.90. The van der Waals surface area contributed by atoms with Gasteiger partial charge in [0.2, 0.25) is 0 Å². The molecule has 1 aliphatic heterocycles. The first-order chi connectivity index (χ1) is 17.5. The van der Waals surface area contributed by atoms with Gasteiger partial charge < -0.3 is 14.6 Å². The summed E-state index contributed by atoms with van der Waals surface area (Å²) in [5.41, 5.74) is 0.119. The molecule has 0 saturated carbocycles. The van der Waals surface area contributed by atoms with Gasteiger partial charge in [-0.3, -0.25) is 9.59 Å². The molecule has 2 heterocycles. The minimum absolute atomic E-state index is 0.0227. The number of benzene rings is 2. The zero-order valence-corrected chi connectivity index (χ0v) is 19.0. The van der Waals surface area contributed by atoms with Crippen LogP contribution in [0, 0.1) is 0 Å². The fourth-order valence-corrected chi connectivity index (χ4v) is 3.69. The van der Waals surface area contributed by atoms with Crippen molar-refractivity contribution in [1.82, 2.24) is 0 Å². The van der Waals surface area contributed by atoms with Crippen molar-refractivity contribution in [2.24, 2.45) is 5.10 Å². The molecule has 8 nitrogen and oxygen atoms in total. The highest BCUT2D eigenvalue weighted by Gasteiger charge is 2.32. The van der Waals surface area contributed by atoms with Gasteiger partial charge in [0.15, 0.2) is 0 Å². The highest BCUT2D eigenvalue weighted by atomic mass is 19.4. The minimum Gasteiger partial charge on any atom is -0.481 e. The number of furan rings is 1. The lowest BCUT2D eigenvalue weighted by atomic mass is 10.0. The van der Waals surface area contributed by atoms with Gasteiger partial charge >= 0.3 is 18.1 Å². The Labute approximate surface area is 207 Å². The van der Waals surface area contributed by atoms with Crippen LogP contribution in [0.25, 0.3) is 17.4 Å². The zero-order valence-electron chi connectivity index (χ0n) is 19.0. The Morgan fingerprint density at radius 2 is 1.76 bits per heavy atom. The van der Waals surface area contributed by atoms with Crippen molar-refractivity contribution >= 4 is 35.3 Å². The largest absolute Gasteiger partial charge is 0.481 e. The summed E-state index contributed by atoms with van der Waals surface area (Å²) in [6, 6.07) is 13.1. The van der Waals surface area contributed by atoms with E-state index in [0.29, 0.717) is 11.4 Å². The molecule has 0 bridgehead atoms. The maximum Gasteiger partial charge on any atom is 0.416 e. The second kappa shape index (κ2) is 10.1. The number of amides is 1. The lowest BCUT2D eigenvalue weighted by molar-refractivity contribution is -0.138. The monoisotopic (exact) mass is 512 g/mol. The summed E-state index contributed by atoms with van der Waals surface area (Å²) in [7, 11) is 0. The number of anilines is 1. The highest BCUT2D eigenvalue weighted by Crippen LogP contribution is 2.33. The van der Waals surface area contributed by atoms with E-state index in [2.05, 4.69) is 5.10 Å². The predicted octanol–water partition coefficient (Wildman–Crippen LogP) is 5.70. The normalized spacial score (nSPS) is 14.8. The van der Waals surface area contributed by atoms with Crippen molar-refractivity contribution in [1.29, 1.82) is 0 Å². The molecule has 11 heteroatoms. The van der Waals surface area contributed by atoms with E-state index in [1.54, 1.807) is 0 Å². The van der Waals surface area contributed by atoms with E-state index in [1.807, 2.05) is 0 Å². The molecule has 1 aliphatic rings. The summed E-state index contributed by atoms with van der Waals surface area (Å²) >= 11 is 0. The SMILES string of the molecule is O=C(O)CCCC1=NN(c2ccc(C(=O)O)cc2)C(=O)/C1=C\c1ccc(-c2cccc(C(F)(F)F)c2)o1. The first kappa shape index (κ1) is 25.4. The van der Waals surface area contributed by atoms with Gasteiger partial charge in [-0.1, -0.05) is 12.1 Å². The maximum absolute atomic E-state index is 13.2. The van der Waals surface area contributed by atoms with Gasteiger partial charge in [0.1, 0.15) is 11.5 Å². The molecule has 2 aromatic carbocycles. The number of aromatic carboxylic acids is 1. The molecule has 0 saturated heterocycles. The van der Waals surface area contributed by atoms with Gasteiger partial charge in [0.05, 0.1) is 28.1 Å².